The monoisotopic (exact) mass is 269 g/mol. The third-order valence-corrected chi connectivity index (χ3v) is 2.87. The maximum absolute atomic E-state index is 11.3. The summed E-state index contributed by atoms with van der Waals surface area (Å²) in [6.45, 7) is 6.35. The maximum Gasteiger partial charge on any atom is 0.238 e. The third kappa shape index (κ3) is 4.83. The number of thioether (sulfide) groups is 1. The van der Waals surface area contributed by atoms with Crippen LogP contribution in [0, 0.1) is 0 Å². The number of anilines is 1. The number of nitrogens with one attached hydrogen (secondary N) is 1. The van der Waals surface area contributed by atoms with Crippen molar-refractivity contribution in [1.82, 2.24) is 10.3 Å². The Labute approximate surface area is 111 Å². The van der Waals surface area contributed by atoms with Gasteiger partial charge >= 0.3 is 0 Å². The average molecular weight is 269 g/mol. The molecule has 0 aliphatic carbocycles. The first-order valence-electron chi connectivity index (χ1n) is 5.85. The van der Waals surface area contributed by atoms with Gasteiger partial charge in [0.1, 0.15) is 5.03 Å². The van der Waals surface area contributed by atoms with E-state index in [0.29, 0.717) is 23.9 Å². The highest BCUT2D eigenvalue weighted by Crippen LogP contribution is 2.24. The molecular formula is C12H19N3O2S. The van der Waals surface area contributed by atoms with Crippen LogP contribution < -0.4 is 15.8 Å². The van der Waals surface area contributed by atoms with Crippen molar-refractivity contribution in [3.8, 4) is 5.88 Å². The Hall–Kier alpha value is -1.43. The van der Waals surface area contributed by atoms with Gasteiger partial charge in [0.2, 0.25) is 11.8 Å². The fourth-order valence-electron chi connectivity index (χ4n) is 1.22. The number of nitrogens with two attached hydrogens (primary N) is 1. The van der Waals surface area contributed by atoms with E-state index in [9.17, 15) is 4.79 Å². The molecule has 5 nitrogen and oxygen atoms in total. The van der Waals surface area contributed by atoms with Crippen LogP contribution in [0.15, 0.2) is 17.2 Å². The summed E-state index contributed by atoms with van der Waals surface area (Å²) in [5, 5.41) is 3.46. The second kappa shape index (κ2) is 7.10. The molecule has 1 aromatic rings. The average Bonchev–Trinajstić information content (AvgIpc) is 2.30. The Morgan fingerprint density at radius 3 is 2.89 bits per heavy atom. The Bertz CT molecular complexity index is 410. The van der Waals surface area contributed by atoms with Crippen molar-refractivity contribution in [1.29, 1.82) is 0 Å². The van der Waals surface area contributed by atoms with Crippen LogP contribution in [0.2, 0.25) is 0 Å². The van der Waals surface area contributed by atoms with Crippen LogP contribution in [-0.4, -0.2) is 29.3 Å². The van der Waals surface area contributed by atoms with Crippen molar-refractivity contribution < 1.29 is 9.53 Å². The topological polar surface area (TPSA) is 77.2 Å². The second-order valence-corrected chi connectivity index (χ2v) is 4.95. The molecule has 1 rings (SSSR count). The number of pyridine rings is 1. The Balaban J connectivity index is 2.64. The summed E-state index contributed by atoms with van der Waals surface area (Å²) in [5.74, 6) is 0.754. The van der Waals surface area contributed by atoms with Gasteiger partial charge in [-0.15, -0.1) is 0 Å². The Morgan fingerprint density at radius 1 is 1.56 bits per heavy atom. The van der Waals surface area contributed by atoms with E-state index >= 15 is 0 Å². The number of carbonyl (C=O) groups is 1. The largest absolute Gasteiger partial charge is 0.473 e. The molecule has 3 N–H and O–H groups in total. The molecule has 0 aliphatic heterocycles. The molecule has 0 spiro atoms. The highest BCUT2D eigenvalue weighted by Gasteiger charge is 2.08. The van der Waals surface area contributed by atoms with Gasteiger partial charge < -0.3 is 15.8 Å². The molecule has 18 heavy (non-hydrogen) atoms. The molecule has 0 atom stereocenters. The van der Waals surface area contributed by atoms with Crippen LogP contribution in [0.5, 0.6) is 5.88 Å². The molecule has 0 unspecified atom stereocenters. The van der Waals surface area contributed by atoms with Gasteiger partial charge in [-0.05, 0) is 32.9 Å². The second-order valence-electron chi connectivity index (χ2n) is 3.95. The number of nitrogen functional groups attached to an aromatic ring is 1. The van der Waals surface area contributed by atoms with Crippen LogP contribution in [0.25, 0.3) is 0 Å². The standard InChI is InChI=1S/C12H19N3O2S/c1-4-14-10(16)7-18-11-6-5-9(13)12(15-11)17-8(2)3/h5-6,8H,4,7,13H2,1-3H3,(H,14,16). The SMILES string of the molecule is CCNC(=O)CSc1ccc(N)c(OC(C)C)n1. The molecule has 0 saturated heterocycles. The molecule has 0 radical (unpaired) electrons. The number of aromatic nitrogens is 1. The lowest BCUT2D eigenvalue weighted by atomic mass is 10.4. The van der Waals surface area contributed by atoms with E-state index in [1.54, 1.807) is 12.1 Å². The predicted octanol–water partition coefficient (Wildman–Crippen LogP) is 1.68. The van der Waals surface area contributed by atoms with Crippen molar-refractivity contribution in [2.24, 2.45) is 0 Å². The minimum absolute atomic E-state index is 0.00699. The first-order valence-corrected chi connectivity index (χ1v) is 6.84. The van der Waals surface area contributed by atoms with Gasteiger partial charge in [-0.25, -0.2) is 4.98 Å². The van der Waals surface area contributed by atoms with Crippen molar-refractivity contribution in [2.75, 3.05) is 18.0 Å². The van der Waals surface area contributed by atoms with Crippen molar-refractivity contribution in [3.05, 3.63) is 12.1 Å². The summed E-state index contributed by atoms with van der Waals surface area (Å²) in [4.78, 5) is 15.6. The van der Waals surface area contributed by atoms with Crippen LogP contribution in [0.4, 0.5) is 5.69 Å². The molecule has 1 heterocycles. The molecule has 100 valence electrons. The molecule has 6 heteroatoms. The van der Waals surface area contributed by atoms with Crippen LogP contribution in [-0.2, 0) is 4.79 Å². The summed E-state index contributed by atoms with van der Waals surface area (Å²) >= 11 is 1.36. The number of nitrogens with zero attached hydrogens (tertiary/aromatic N) is 1. The van der Waals surface area contributed by atoms with E-state index in [1.165, 1.54) is 11.8 Å². The molecule has 0 aromatic carbocycles. The van der Waals surface area contributed by atoms with Gasteiger partial charge in [-0.1, -0.05) is 11.8 Å². The summed E-state index contributed by atoms with van der Waals surface area (Å²) in [6, 6.07) is 3.52. The normalized spacial score (nSPS) is 10.4. The van der Waals surface area contributed by atoms with Gasteiger partial charge in [0.15, 0.2) is 0 Å². The fourth-order valence-corrected chi connectivity index (χ4v) is 1.91. The van der Waals surface area contributed by atoms with Crippen LogP contribution in [0.3, 0.4) is 0 Å². The lowest BCUT2D eigenvalue weighted by Gasteiger charge is -2.11. The maximum atomic E-state index is 11.3. The van der Waals surface area contributed by atoms with Crippen molar-refractivity contribution >= 4 is 23.4 Å². The number of hydrogen-bond acceptors (Lipinski definition) is 5. The molecule has 0 aliphatic rings. The summed E-state index contributed by atoms with van der Waals surface area (Å²) in [5.41, 5.74) is 6.27. The first kappa shape index (κ1) is 14.6. The number of hydrogen-bond donors (Lipinski definition) is 2. The Kier molecular flexibility index (Phi) is 5.77. The van der Waals surface area contributed by atoms with Gasteiger partial charge in [0.25, 0.3) is 0 Å². The molecular weight excluding hydrogens is 250 g/mol. The van der Waals surface area contributed by atoms with E-state index in [1.807, 2.05) is 20.8 Å². The highest BCUT2D eigenvalue weighted by atomic mass is 32.2. The summed E-state index contributed by atoms with van der Waals surface area (Å²) in [6.07, 6.45) is 0.0171. The van der Waals surface area contributed by atoms with Gasteiger partial charge in [0, 0.05) is 6.54 Å². The van der Waals surface area contributed by atoms with E-state index in [4.69, 9.17) is 10.5 Å². The molecule has 1 aromatic heterocycles. The number of carbonyl (C=O) groups excluding carboxylic acids is 1. The molecule has 0 bridgehead atoms. The van der Waals surface area contributed by atoms with Gasteiger partial charge in [0.05, 0.1) is 17.5 Å². The van der Waals surface area contributed by atoms with E-state index in [-0.39, 0.29) is 12.0 Å². The van der Waals surface area contributed by atoms with Gasteiger partial charge in [-0.3, -0.25) is 4.79 Å². The molecule has 0 fully saturated rings. The predicted molar refractivity (Wildman–Crippen MR) is 73.8 cm³/mol. The van der Waals surface area contributed by atoms with Gasteiger partial charge in [-0.2, -0.15) is 0 Å². The quantitative estimate of drug-likeness (QED) is 0.768. The zero-order chi connectivity index (χ0) is 13.5. The fraction of sp³-hybridized carbons (Fsp3) is 0.500. The molecule has 0 saturated carbocycles. The van der Waals surface area contributed by atoms with Crippen LogP contribution in [0.1, 0.15) is 20.8 Å². The smallest absolute Gasteiger partial charge is 0.238 e. The first-order chi connectivity index (χ1) is 8.52. The minimum atomic E-state index is -0.00699. The van der Waals surface area contributed by atoms with E-state index < -0.39 is 0 Å². The zero-order valence-electron chi connectivity index (χ0n) is 10.9. The highest BCUT2D eigenvalue weighted by molar-refractivity contribution is 7.99. The number of ether oxygens (including phenoxy) is 1. The minimum Gasteiger partial charge on any atom is -0.473 e. The number of amides is 1. The molecule has 1 amide bonds. The lowest BCUT2D eigenvalue weighted by Crippen LogP contribution is -2.24. The zero-order valence-corrected chi connectivity index (χ0v) is 11.7. The third-order valence-electron chi connectivity index (χ3n) is 1.94. The van der Waals surface area contributed by atoms with Crippen LogP contribution >= 0.6 is 11.8 Å². The number of rotatable bonds is 6. The Morgan fingerprint density at radius 2 is 2.28 bits per heavy atom. The van der Waals surface area contributed by atoms with E-state index in [2.05, 4.69) is 10.3 Å². The lowest BCUT2D eigenvalue weighted by molar-refractivity contribution is -0.118. The summed E-state index contributed by atoms with van der Waals surface area (Å²) in [7, 11) is 0. The van der Waals surface area contributed by atoms with Crippen molar-refractivity contribution in [2.45, 2.75) is 31.9 Å². The summed E-state index contributed by atoms with van der Waals surface area (Å²) < 4.78 is 5.49. The van der Waals surface area contributed by atoms with E-state index in [0.717, 1.165) is 5.03 Å². The van der Waals surface area contributed by atoms with Crippen molar-refractivity contribution in [3.63, 3.8) is 0 Å².